The van der Waals surface area contributed by atoms with Gasteiger partial charge in [0.15, 0.2) is 0 Å². The van der Waals surface area contributed by atoms with E-state index in [1.54, 1.807) is 0 Å². The van der Waals surface area contributed by atoms with Crippen LogP contribution in [0.25, 0.3) is 0 Å². The van der Waals surface area contributed by atoms with Gasteiger partial charge in [-0.25, -0.2) is 4.79 Å². The molecule has 18 heavy (non-hydrogen) atoms. The fraction of sp³-hybridized carbons (Fsp3) is 0.800. The van der Waals surface area contributed by atoms with Crippen LogP contribution in [-0.4, -0.2) is 34.2 Å². The number of carbonyl (C=O) groups excluding carboxylic acids is 1. The predicted molar refractivity (Wildman–Crippen MR) is 57.7 cm³/mol. The van der Waals surface area contributed by atoms with Gasteiger partial charge >= 0.3 is 12.1 Å². The van der Waals surface area contributed by atoms with Crippen LogP contribution < -0.4 is 11.1 Å². The largest absolute Gasteiger partial charge is 0.479 e. The zero-order valence-electron chi connectivity index (χ0n) is 10.4. The Kier molecular flexibility index (Phi) is 4.76. The zero-order valence-corrected chi connectivity index (χ0v) is 10.4. The van der Waals surface area contributed by atoms with Crippen LogP contribution in [0.2, 0.25) is 0 Å². The maximum absolute atomic E-state index is 12.7. The Hall–Kier alpha value is -1.31. The van der Waals surface area contributed by atoms with Gasteiger partial charge in [0.1, 0.15) is 0 Å². The van der Waals surface area contributed by atoms with E-state index < -0.39 is 29.1 Å². The number of nitrogens with two attached hydrogens (primary N) is 1. The summed E-state index contributed by atoms with van der Waals surface area (Å²) in [5, 5.41) is 10.1. The van der Waals surface area contributed by atoms with Crippen LogP contribution >= 0.6 is 0 Å². The first-order valence-corrected chi connectivity index (χ1v) is 5.36. The van der Waals surface area contributed by atoms with Crippen LogP contribution in [0, 0.1) is 0 Å². The number of hydrogen-bond donors (Lipinski definition) is 3. The Bertz CT molecular complexity index is 340. The van der Waals surface area contributed by atoms with Gasteiger partial charge in [-0.2, -0.15) is 13.2 Å². The van der Waals surface area contributed by atoms with E-state index in [-0.39, 0.29) is 12.8 Å². The highest BCUT2D eigenvalue weighted by Crippen LogP contribution is 2.31. The maximum Gasteiger partial charge on any atom is 0.422 e. The fourth-order valence-corrected chi connectivity index (χ4v) is 1.17. The number of carboxylic acid groups (broad SMARTS) is 1. The molecule has 4 N–H and O–H groups in total. The number of carboxylic acids is 1. The highest BCUT2D eigenvalue weighted by Gasteiger charge is 2.59. The highest BCUT2D eigenvalue weighted by atomic mass is 19.4. The molecular formula is C10H17F3N2O3. The normalized spacial score (nSPS) is 15.9. The summed E-state index contributed by atoms with van der Waals surface area (Å²) >= 11 is 0. The molecule has 0 saturated heterocycles. The van der Waals surface area contributed by atoms with E-state index in [0.29, 0.717) is 6.92 Å². The lowest BCUT2D eigenvalue weighted by atomic mass is 9.91. The Labute approximate surface area is 103 Å². The SMILES string of the molecule is CCC(N)(CC)C(=O)NC(C)(C(=O)O)C(F)(F)F. The van der Waals surface area contributed by atoms with Gasteiger partial charge in [-0.15, -0.1) is 0 Å². The summed E-state index contributed by atoms with van der Waals surface area (Å²) in [5.41, 5.74) is 0.758. The lowest BCUT2D eigenvalue weighted by Gasteiger charge is -2.33. The van der Waals surface area contributed by atoms with Crippen molar-refractivity contribution < 1.29 is 27.9 Å². The summed E-state index contributed by atoms with van der Waals surface area (Å²) in [6.45, 7) is 3.46. The second-order valence-electron chi connectivity index (χ2n) is 4.25. The summed E-state index contributed by atoms with van der Waals surface area (Å²) in [4.78, 5) is 22.4. The minimum Gasteiger partial charge on any atom is -0.479 e. The van der Waals surface area contributed by atoms with Crippen LogP contribution in [0.4, 0.5) is 13.2 Å². The Balaban J connectivity index is 5.28. The van der Waals surface area contributed by atoms with Crippen molar-refractivity contribution in [1.82, 2.24) is 5.32 Å². The summed E-state index contributed by atoms with van der Waals surface area (Å²) in [7, 11) is 0. The van der Waals surface area contributed by atoms with E-state index in [4.69, 9.17) is 10.8 Å². The number of aliphatic carboxylic acids is 1. The van der Waals surface area contributed by atoms with Crippen molar-refractivity contribution in [3.8, 4) is 0 Å². The Morgan fingerprint density at radius 2 is 1.61 bits per heavy atom. The van der Waals surface area contributed by atoms with Crippen LogP contribution in [-0.2, 0) is 9.59 Å². The number of hydrogen-bond acceptors (Lipinski definition) is 3. The van der Waals surface area contributed by atoms with Gasteiger partial charge in [-0.05, 0) is 19.8 Å². The molecule has 1 unspecified atom stereocenters. The van der Waals surface area contributed by atoms with Crippen molar-refractivity contribution in [2.45, 2.75) is 50.9 Å². The van der Waals surface area contributed by atoms with Gasteiger partial charge in [0.2, 0.25) is 11.4 Å². The first-order chi connectivity index (χ1) is 7.94. The number of amides is 1. The molecule has 0 fully saturated rings. The molecule has 0 heterocycles. The molecule has 0 spiro atoms. The number of alkyl halides is 3. The molecule has 0 saturated carbocycles. The monoisotopic (exact) mass is 270 g/mol. The van der Waals surface area contributed by atoms with Gasteiger partial charge in [-0.1, -0.05) is 13.8 Å². The third-order valence-electron chi connectivity index (χ3n) is 3.07. The van der Waals surface area contributed by atoms with Crippen LogP contribution in [0.5, 0.6) is 0 Å². The van der Waals surface area contributed by atoms with E-state index in [1.807, 2.05) is 0 Å². The standard InChI is InChI=1S/C10H17F3N2O3/c1-4-9(14,5-2)6(16)15-8(3,7(17)18)10(11,12)13/h4-5,14H2,1-3H3,(H,15,16)(H,17,18). The number of rotatable bonds is 5. The van der Waals surface area contributed by atoms with Crippen molar-refractivity contribution in [3.63, 3.8) is 0 Å². The van der Waals surface area contributed by atoms with Crippen LogP contribution in [0.15, 0.2) is 0 Å². The van der Waals surface area contributed by atoms with Crippen molar-refractivity contribution in [3.05, 3.63) is 0 Å². The molecule has 0 aromatic rings. The van der Waals surface area contributed by atoms with Crippen molar-refractivity contribution in [2.24, 2.45) is 5.73 Å². The molecule has 0 aliphatic carbocycles. The lowest BCUT2D eigenvalue weighted by molar-refractivity contribution is -0.207. The topological polar surface area (TPSA) is 92.4 Å². The quantitative estimate of drug-likeness (QED) is 0.695. The Morgan fingerprint density at radius 3 is 1.83 bits per heavy atom. The molecule has 1 atom stereocenters. The van der Waals surface area contributed by atoms with Crippen molar-refractivity contribution >= 4 is 11.9 Å². The molecule has 0 aromatic heterocycles. The first-order valence-electron chi connectivity index (χ1n) is 5.36. The molecule has 106 valence electrons. The highest BCUT2D eigenvalue weighted by molar-refractivity contribution is 5.92. The van der Waals surface area contributed by atoms with Gasteiger partial charge in [-0.3, -0.25) is 4.79 Å². The van der Waals surface area contributed by atoms with E-state index in [0.717, 1.165) is 0 Å². The second-order valence-corrected chi connectivity index (χ2v) is 4.25. The van der Waals surface area contributed by atoms with Gasteiger partial charge in [0, 0.05) is 0 Å². The summed E-state index contributed by atoms with van der Waals surface area (Å²) in [6, 6.07) is 0. The summed E-state index contributed by atoms with van der Waals surface area (Å²) in [6.07, 6.45) is -4.91. The molecule has 0 aliphatic rings. The van der Waals surface area contributed by atoms with Gasteiger partial charge in [0.25, 0.3) is 0 Å². The van der Waals surface area contributed by atoms with E-state index >= 15 is 0 Å². The number of nitrogens with one attached hydrogen (secondary N) is 1. The van der Waals surface area contributed by atoms with Crippen molar-refractivity contribution in [2.75, 3.05) is 0 Å². The molecule has 1 amide bonds. The summed E-state index contributed by atoms with van der Waals surface area (Å²) in [5.74, 6) is -3.31. The molecule has 5 nitrogen and oxygen atoms in total. The van der Waals surface area contributed by atoms with Gasteiger partial charge in [0.05, 0.1) is 5.54 Å². The Morgan fingerprint density at radius 1 is 1.22 bits per heavy atom. The zero-order chi connectivity index (χ0) is 14.8. The minimum absolute atomic E-state index is 0.100. The molecule has 0 aromatic carbocycles. The smallest absolute Gasteiger partial charge is 0.422 e. The summed E-state index contributed by atoms with van der Waals surface area (Å²) < 4.78 is 38.0. The predicted octanol–water partition coefficient (Wildman–Crippen LogP) is 1.03. The molecule has 0 aliphatic heterocycles. The maximum atomic E-state index is 12.7. The molecule has 0 bridgehead atoms. The van der Waals surface area contributed by atoms with E-state index in [1.165, 1.54) is 19.2 Å². The van der Waals surface area contributed by atoms with Crippen molar-refractivity contribution in [1.29, 1.82) is 0 Å². The average molecular weight is 270 g/mol. The molecule has 0 rings (SSSR count). The third kappa shape index (κ3) is 2.92. The minimum atomic E-state index is -5.11. The van der Waals surface area contributed by atoms with E-state index in [2.05, 4.69) is 0 Å². The second kappa shape index (κ2) is 5.13. The average Bonchev–Trinajstić information content (AvgIpc) is 2.25. The molecular weight excluding hydrogens is 253 g/mol. The lowest BCUT2D eigenvalue weighted by Crippen LogP contribution is -2.67. The number of halogens is 3. The van der Waals surface area contributed by atoms with E-state index in [9.17, 15) is 22.8 Å². The first kappa shape index (κ1) is 16.7. The van der Waals surface area contributed by atoms with Crippen LogP contribution in [0.3, 0.4) is 0 Å². The molecule has 8 heteroatoms. The molecule has 0 radical (unpaired) electrons. The number of carbonyl (C=O) groups is 2. The van der Waals surface area contributed by atoms with Crippen LogP contribution in [0.1, 0.15) is 33.6 Å². The van der Waals surface area contributed by atoms with Gasteiger partial charge < -0.3 is 16.2 Å². The third-order valence-corrected chi connectivity index (χ3v) is 3.07. The fourth-order valence-electron chi connectivity index (χ4n) is 1.17.